The Bertz CT molecular complexity index is 572. The van der Waals surface area contributed by atoms with Crippen molar-refractivity contribution in [3.63, 3.8) is 0 Å². The molecular formula is C13H12BrN3O. The number of aromatic nitrogens is 1. The van der Waals surface area contributed by atoms with E-state index in [-0.39, 0.29) is 0 Å². The van der Waals surface area contributed by atoms with Gasteiger partial charge in [0.25, 0.3) is 0 Å². The van der Waals surface area contributed by atoms with Crippen LogP contribution in [0.25, 0.3) is 0 Å². The molecule has 0 spiro atoms. The summed E-state index contributed by atoms with van der Waals surface area (Å²) in [5.74, 6) is -0.417. The highest BCUT2D eigenvalue weighted by Gasteiger charge is 2.02. The van der Waals surface area contributed by atoms with Crippen LogP contribution >= 0.6 is 15.9 Å². The van der Waals surface area contributed by atoms with E-state index in [1.165, 1.54) is 0 Å². The molecule has 0 saturated carbocycles. The monoisotopic (exact) mass is 305 g/mol. The molecular weight excluding hydrogens is 294 g/mol. The van der Waals surface area contributed by atoms with Gasteiger partial charge in [0.2, 0.25) is 5.91 Å². The van der Waals surface area contributed by atoms with Crippen molar-refractivity contribution in [1.29, 1.82) is 0 Å². The van der Waals surface area contributed by atoms with Gasteiger partial charge >= 0.3 is 0 Å². The molecule has 0 radical (unpaired) electrons. The third-order valence-electron chi connectivity index (χ3n) is 2.45. The Balaban J connectivity index is 2.09. The number of rotatable bonds is 4. The van der Waals surface area contributed by atoms with E-state index in [0.717, 1.165) is 15.9 Å². The van der Waals surface area contributed by atoms with Gasteiger partial charge in [-0.3, -0.25) is 4.79 Å². The van der Waals surface area contributed by atoms with Gasteiger partial charge in [0.05, 0.1) is 5.69 Å². The zero-order chi connectivity index (χ0) is 13.0. The molecule has 1 aromatic carbocycles. The van der Waals surface area contributed by atoms with Gasteiger partial charge in [-0.2, -0.15) is 0 Å². The Morgan fingerprint density at radius 1 is 1.33 bits per heavy atom. The number of hydrogen-bond donors (Lipinski definition) is 2. The number of primary amides is 1. The van der Waals surface area contributed by atoms with Gasteiger partial charge in [0, 0.05) is 18.3 Å². The highest BCUT2D eigenvalue weighted by molar-refractivity contribution is 9.10. The maximum Gasteiger partial charge on any atom is 0.248 e. The first-order valence-corrected chi connectivity index (χ1v) is 6.19. The lowest BCUT2D eigenvalue weighted by molar-refractivity contribution is 0.1000. The summed E-state index contributed by atoms with van der Waals surface area (Å²) in [5.41, 5.74) is 7.64. The fourth-order valence-corrected chi connectivity index (χ4v) is 1.94. The molecule has 0 fully saturated rings. The molecule has 1 heterocycles. The van der Waals surface area contributed by atoms with Crippen molar-refractivity contribution in [1.82, 2.24) is 4.98 Å². The third-order valence-corrected chi connectivity index (χ3v) is 3.09. The zero-order valence-electron chi connectivity index (χ0n) is 9.56. The lowest BCUT2D eigenvalue weighted by atomic mass is 10.1. The summed E-state index contributed by atoms with van der Waals surface area (Å²) in [6, 6.07) is 11.0. The minimum atomic E-state index is -0.417. The average Bonchev–Trinajstić information content (AvgIpc) is 2.38. The molecule has 0 aliphatic rings. The summed E-state index contributed by atoms with van der Waals surface area (Å²) in [6.07, 6.45) is 1.71. The molecule has 18 heavy (non-hydrogen) atoms. The van der Waals surface area contributed by atoms with Crippen LogP contribution in [0.15, 0.2) is 47.2 Å². The first kappa shape index (κ1) is 12.6. The Labute approximate surface area is 113 Å². The van der Waals surface area contributed by atoms with Crippen LogP contribution in [0.2, 0.25) is 0 Å². The van der Waals surface area contributed by atoms with E-state index in [1.807, 2.05) is 24.3 Å². The molecule has 5 heteroatoms. The van der Waals surface area contributed by atoms with Crippen LogP contribution in [0.3, 0.4) is 0 Å². The number of amides is 1. The van der Waals surface area contributed by atoms with Gasteiger partial charge in [-0.15, -0.1) is 0 Å². The van der Waals surface area contributed by atoms with Crippen molar-refractivity contribution in [2.45, 2.75) is 6.54 Å². The van der Waals surface area contributed by atoms with Crippen molar-refractivity contribution < 1.29 is 4.79 Å². The van der Waals surface area contributed by atoms with Crippen LogP contribution in [0.4, 0.5) is 5.69 Å². The summed E-state index contributed by atoms with van der Waals surface area (Å²) in [6.45, 7) is 0.603. The van der Waals surface area contributed by atoms with Crippen molar-refractivity contribution >= 4 is 27.5 Å². The summed E-state index contributed by atoms with van der Waals surface area (Å²) in [5, 5.41) is 3.23. The van der Waals surface area contributed by atoms with E-state index in [9.17, 15) is 4.79 Å². The molecule has 0 aliphatic heterocycles. The lowest BCUT2D eigenvalue weighted by Gasteiger charge is -2.08. The standard InChI is InChI=1S/C13H12BrN3O/c14-12-11(5-2-6-16-12)17-8-9-3-1-4-10(7-9)13(15)18/h1-7,17H,8H2,(H2,15,18). The number of anilines is 1. The molecule has 0 bridgehead atoms. The Kier molecular flexibility index (Phi) is 3.94. The Morgan fingerprint density at radius 3 is 2.89 bits per heavy atom. The summed E-state index contributed by atoms with van der Waals surface area (Å²) < 4.78 is 0.760. The van der Waals surface area contributed by atoms with Crippen molar-refractivity contribution in [3.05, 3.63) is 58.3 Å². The molecule has 2 rings (SSSR count). The lowest BCUT2D eigenvalue weighted by Crippen LogP contribution is -2.11. The molecule has 1 amide bonds. The number of nitrogens with two attached hydrogens (primary N) is 1. The summed E-state index contributed by atoms with van der Waals surface area (Å²) in [4.78, 5) is 15.2. The van der Waals surface area contributed by atoms with Crippen LogP contribution in [0.5, 0.6) is 0 Å². The number of pyridine rings is 1. The second-order valence-corrected chi connectivity index (χ2v) is 4.51. The predicted molar refractivity (Wildman–Crippen MR) is 74.2 cm³/mol. The number of nitrogens with one attached hydrogen (secondary N) is 1. The third kappa shape index (κ3) is 3.07. The van der Waals surface area contributed by atoms with Crippen LogP contribution in [0.1, 0.15) is 15.9 Å². The SMILES string of the molecule is NC(=O)c1cccc(CNc2cccnc2Br)c1. The zero-order valence-corrected chi connectivity index (χ0v) is 11.1. The van der Waals surface area contributed by atoms with E-state index in [2.05, 4.69) is 26.2 Å². The highest BCUT2D eigenvalue weighted by Crippen LogP contribution is 2.19. The number of carbonyl (C=O) groups excluding carboxylic acids is 1. The smallest absolute Gasteiger partial charge is 0.248 e. The molecule has 0 aliphatic carbocycles. The Hall–Kier alpha value is -1.88. The minimum absolute atomic E-state index is 0.417. The van der Waals surface area contributed by atoms with E-state index >= 15 is 0 Å². The highest BCUT2D eigenvalue weighted by atomic mass is 79.9. The first-order valence-electron chi connectivity index (χ1n) is 5.40. The maximum absolute atomic E-state index is 11.1. The molecule has 1 aromatic heterocycles. The van der Waals surface area contributed by atoms with Crippen LogP contribution in [-0.2, 0) is 6.54 Å². The maximum atomic E-state index is 11.1. The van der Waals surface area contributed by atoms with E-state index < -0.39 is 5.91 Å². The molecule has 0 unspecified atom stereocenters. The summed E-state index contributed by atoms with van der Waals surface area (Å²) >= 11 is 3.36. The topological polar surface area (TPSA) is 68.0 Å². The van der Waals surface area contributed by atoms with E-state index in [1.54, 1.807) is 18.3 Å². The fraction of sp³-hybridized carbons (Fsp3) is 0.0769. The molecule has 0 saturated heterocycles. The number of nitrogens with zero attached hydrogens (tertiary/aromatic N) is 1. The predicted octanol–water partition coefficient (Wildman–Crippen LogP) is 2.56. The van der Waals surface area contributed by atoms with Crippen molar-refractivity contribution in [3.8, 4) is 0 Å². The average molecular weight is 306 g/mol. The molecule has 0 atom stereocenters. The van der Waals surface area contributed by atoms with Gasteiger partial charge in [-0.25, -0.2) is 4.98 Å². The van der Waals surface area contributed by atoms with Gasteiger partial charge < -0.3 is 11.1 Å². The second-order valence-electron chi connectivity index (χ2n) is 3.76. The first-order chi connectivity index (χ1) is 8.66. The van der Waals surface area contributed by atoms with Gasteiger partial charge in [0.15, 0.2) is 0 Å². The minimum Gasteiger partial charge on any atom is -0.379 e. The number of carbonyl (C=O) groups is 1. The van der Waals surface area contributed by atoms with Gasteiger partial charge in [0.1, 0.15) is 4.60 Å². The van der Waals surface area contributed by atoms with E-state index in [4.69, 9.17) is 5.73 Å². The van der Waals surface area contributed by atoms with Crippen LogP contribution in [-0.4, -0.2) is 10.9 Å². The normalized spacial score (nSPS) is 10.1. The second kappa shape index (κ2) is 5.64. The Morgan fingerprint density at radius 2 is 2.17 bits per heavy atom. The van der Waals surface area contributed by atoms with Crippen LogP contribution in [0, 0.1) is 0 Å². The van der Waals surface area contributed by atoms with Crippen molar-refractivity contribution in [2.75, 3.05) is 5.32 Å². The molecule has 92 valence electrons. The molecule has 4 nitrogen and oxygen atoms in total. The van der Waals surface area contributed by atoms with Gasteiger partial charge in [-0.1, -0.05) is 12.1 Å². The quantitative estimate of drug-likeness (QED) is 0.853. The number of hydrogen-bond acceptors (Lipinski definition) is 3. The largest absolute Gasteiger partial charge is 0.379 e. The van der Waals surface area contributed by atoms with Crippen LogP contribution < -0.4 is 11.1 Å². The summed E-state index contributed by atoms with van der Waals surface area (Å²) in [7, 11) is 0. The van der Waals surface area contributed by atoms with E-state index in [0.29, 0.717) is 12.1 Å². The molecule has 3 N–H and O–H groups in total. The molecule has 2 aromatic rings. The van der Waals surface area contributed by atoms with Gasteiger partial charge in [-0.05, 0) is 45.8 Å². The number of halogens is 1. The van der Waals surface area contributed by atoms with Crippen molar-refractivity contribution in [2.24, 2.45) is 5.73 Å². The fourth-order valence-electron chi connectivity index (χ4n) is 1.55. The number of benzene rings is 1.